The fourth-order valence-electron chi connectivity index (χ4n) is 1.26. The number of para-hydroxylation sites is 1. The summed E-state index contributed by atoms with van der Waals surface area (Å²) >= 11 is 0. The summed E-state index contributed by atoms with van der Waals surface area (Å²) in [5.74, 6) is 0.733. The van der Waals surface area contributed by atoms with E-state index >= 15 is 0 Å². The highest BCUT2D eigenvalue weighted by molar-refractivity contribution is 5.92. The number of nitrogens with zero attached hydrogens (tertiary/aromatic N) is 2. The molecule has 0 saturated heterocycles. The monoisotopic (exact) mass is 235 g/mol. The third-order valence-electron chi connectivity index (χ3n) is 1.93. The Morgan fingerprint density at radius 1 is 1.24 bits per heavy atom. The Balaban J connectivity index is 2.78. The molecule has 0 bridgehead atoms. The molecule has 0 spiro atoms. The number of aliphatic imine (C=N–C) groups is 2. The van der Waals surface area contributed by atoms with E-state index in [9.17, 15) is 0 Å². The summed E-state index contributed by atoms with van der Waals surface area (Å²) in [6.45, 7) is 2.90. The molecular formula is C11H17N5O. The molecule has 6 N–H and O–H groups in total. The van der Waals surface area contributed by atoms with Crippen molar-refractivity contribution in [3.05, 3.63) is 29.8 Å². The van der Waals surface area contributed by atoms with E-state index in [1.165, 1.54) is 0 Å². The number of ether oxygens (including phenoxy) is 1. The van der Waals surface area contributed by atoms with Crippen LogP contribution in [0, 0.1) is 0 Å². The molecule has 0 aliphatic carbocycles. The topological polar surface area (TPSA) is 112 Å². The van der Waals surface area contributed by atoms with Gasteiger partial charge in [0.25, 0.3) is 0 Å². The summed E-state index contributed by atoms with van der Waals surface area (Å²) in [6, 6.07) is 7.60. The second-order valence-electron chi connectivity index (χ2n) is 3.25. The van der Waals surface area contributed by atoms with Crippen LogP contribution in [0.3, 0.4) is 0 Å². The molecule has 0 atom stereocenters. The Labute approximate surface area is 100 Å². The lowest BCUT2D eigenvalue weighted by atomic mass is 10.2. The van der Waals surface area contributed by atoms with Gasteiger partial charge in [-0.05, 0) is 13.0 Å². The SMILES string of the molecule is CCOc1ccccc1CN=C(N)N=C(N)N. The Morgan fingerprint density at radius 2 is 1.94 bits per heavy atom. The molecule has 0 aliphatic rings. The van der Waals surface area contributed by atoms with E-state index in [1.54, 1.807) is 0 Å². The fourth-order valence-corrected chi connectivity index (χ4v) is 1.26. The van der Waals surface area contributed by atoms with Gasteiger partial charge in [-0.1, -0.05) is 18.2 Å². The van der Waals surface area contributed by atoms with E-state index in [0.717, 1.165) is 11.3 Å². The van der Waals surface area contributed by atoms with Crippen molar-refractivity contribution in [1.82, 2.24) is 0 Å². The molecule has 0 amide bonds. The first-order chi connectivity index (χ1) is 8.13. The highest BCUT2D eigenvalue weighted by atomic mass is 16.5. The van der Waals surface area contributed by atoms with Gasteiger partial charge in [-0.15, -0.1) is 0 Å². The second-order valence-corrected chi connectivity index (χ2v) is 3.25. The third-order valence-corrected chi connectivity index (χ3v) is 1.93. The van der Waals surface area contributed by atoms with Gasteiger partial charge in [0.1, 0.15) is 5.75 Å². The van der Waals surface area contributed by atoms with E-state index in [0.29, 0.717) is 13.2 Å². The van der Waals surface area contributed by atoms with E-state index in [1.807, 2.05) is 31.2 Å². The van der Waals surface area contributed by atoms with Gasteiger partial charge in [0, 0.05) is 5.56 Å². The van der Waals surface area contributed by atoms with Crippen molar-refractivity contribution in [2.24, 2.45) is 27.2 Å². The summed E-state index contributed by atoms with van der Waals surface area (Å²) in [6.07, 6.45) is 0. The number of rotatable bonds is 4. The van der Waals surface area contributed by atoms with E-state index < -0.39 is 0 Å². The molecule has 0 aliphatic heterocycles. The smallest absolute Gasteiger partial charge is 0.218 e. The zero-order valence-electron chi connectivity index (χ0n) is 9.76. The molecule has 6 nitrogen and oxygen atoms in total. The van der Waals surface area contributed by atoms with E-state index in [2.05, 4.69) is 9.98 Å². The minimum atomic E-state index is -0.107. The lowest BCUT2D eigenvalue weighted by Crippen LogP contribution is -2.26. The van der Waals surface area contributed by atoms with E-state index in [4.69, 9.17) is 21.9 Å². The van der Waals surface area contributed by atoms with Crippen LogP contribution in [-0.2, 0) is 6.54 Å². The van der Waals surface area contributed by atoms with Gasteiger partial charge in [0.2, 0.25) is 5.96 Å². The molecule has 1 aromatic rings. The molecule has 0 heterocycles. The quantitative estimate of drug-likeness (QED) is 0.510. The van der Waals surface area contributed by atoms with Gasteiger partial charge in [0.15, 0.2) is 5.96 Å². The summed E-state index contributed by atoms with van der Waals surface area (Å²) in [5, 5.41) is 0. The van der Waals surface area contributed by atoms with Crippen LogP contribution in [0.1, 0.15) is 12.5 Å². The van der Waals surface area contributed by atoms with Crippen LogP contribution in [0.15, 0.2) is 34.3 Å². The minimum Gasteiger partial charge on any atom is -0.494 e. The van der Waals surface area contributed by atoms with Crippen molar-refractivity contribution in [2.45, 2.75) is 13.5 Å². The van der Waals surface area contributed by atoms with Crippen LogP contribution >= 0.6 is 0 Å². The predicted molar refractivity (Wildman–Crippen MR) is 68.7 cm³/mol. The van der Waals surface area contributed by atoms with Crippen molar-refractivity contribution in [2.75, 3.05) is 6.61 Å². The third kappa shape index (κ3) is 4.42. The van der Waals surface area contributed by atoms with Gasteiger partial charge in [-0.2, -0.15) is 4.99 Å². The molecule has 17 heavy (non-hydrogen) atoms. The standard InChI is InChI=1S/C11H17N5O/c1-2-17-9-6-4-3-5-8(9)7-15-11(14)16-10(12)13/h3-6H,2,7H2,1H3,(H6,12,13,14,15,16). The Hall–Kier alpha value is -2.24. The molecule has 1 aromatic carbocycles. The highest BCUT2D eigenvalue weighted by Crippen LogP contribution is 2.18. The molecule has 6 heteroatoms. The first-order valence-corrected chi connectivity index (χ1v) is 5.23. The summed E-state index contributed by atoms with van der Waals surface area (Å²) < 4.78 is 5.46. The summed E-state index contributed by atoms with van der Waals surface area (Å²) in [4.78, 5) is 7.67. The largest absolute Gasteiger partial charge is 0.494 e. The van der Waals surface area contributed by atoms with Crippen molar-refractivity contribution >= 4 is 11.9 Å². The molecule has 0 radical (unpaired) electrons. The minimum absolute atomic E-state index is 0.0521. The maximum atomic E-state index is 5.51. The molecule has 0 saturated carbocycles. The zero-order chi connectivity index (χ0) is 12.7. The number of benzene rings is 1. The average Bonchev–Trinajstić information content (AvgIpc) is 2.27. The van der Waals surface area contributed by atoms with Gasteiger partial charge in [0.05, 0.1) is 13.2 Å². The van der Waals surface area contributed by atoms with Crippen LogP contribution in [-0.4, -0.2) is 18.5 Å². The number of hydrogen-bond acceptors (Lipinski definition) is 2. The number of hydrogen-bond donors (Lipinski definition) is 3. The zero-order valence-corrected chi connectivity index (χ0v) is 9.76. The normalized spacial score (nSPS) is 11.0. The van der Waals surface area contributed by atoms with Gasteiger partial charge < -0.3 is 21.9 Å². The van der Waals surface area contributed by atoms with Crippen molar-refractivity contribution in [1.29, 1.82) is 0 Å². The first kappa shape index (κ1) is 12.8. The lowest BCUT2D eigenvalue weighted by Gasteiger charge is -2.07. The molecule has 1 rings (SSSR count). The summed E-state index contributed by atoms with van der Waals surface area (Å²) in [7, 11) is 0. The molecular weight excluding hydrogens is 218 g/mol. The van der Waals surface area contributed by atoms with Crippen molar-refractivity contribution in [3.8, 4) is 5.75 Å². The van der Waals surface area contributed by atoms with Crippen molar-refractivity contribution in [3.63, 3.8) is 0 Å². The maximum Gasteiger partial charge on any atom is 0.218 e. The predicted octanol–water partition coefficient (Wildman–Crippen LogP) is 0.173. The number of nitrogens with two attached hydrogens (primary N) is 3. The fraction of sp³-hybridized carbons (Fsp3) is 0.273. The van der Waals surface area contributed by atoms with Gasteiger partial charge in [-0.3, -0.25) is 0 Å². The van der Waals surface area contributed by atoms with Crippen LogP contribution in [0.25, 0.3) is 0 Å². The molecule has 92 valence electrons. The molecule has 0 unspecified atom stereocenters. The van der Waals surface area contributed by atoms with Crippen LogP contribution in [0.5, 0.6) is 5.75 Å². The van der Waals surface area contributed by atoms with Crippen molar-refractivity contribution < 1.29 is 4.74 Å². The van der Waals surface area contributed by atoms with Crippen LogP contribution < -0.4 is 21.9 Å². The Kier molecular flexibility index (Phi) is 4.80. The lowest BCUT2D eigenvalue weighted by molar-refractivity contribution is 0.336. The maximum absolute atomic E-state index is 5.51. The Bertz CT molecular complexity index is 424. The first-order valence-electron chi connectivity index (χ1n) is 5.23. The van der Waals surface area contributed by atoms with Gasteiger partial charge in [-0.25, -0.2) is 4.99 Å². The van der Waals surface area contributed by atoms with Gasteiger partial charge >= 0.3 is 0 Å². The summed E-state index contributed by atoms with van der Waals surface area (Å²) in [5.41, 5.74) is 16.8. The van der Waals surface area contributed by atoms with E-state index in [-0.39, 0.29) is 11.9 Å². The second kappa shape index (κ2) is 6.37. The average molecular weight is 235 g/mol. The number of guanidine groups is 2. The van der Waals surface area contributed by atoms with Crippen LogP contribution in [0.2, 0.25) is 0 Å². The molecule has 0 fully saturated rings. The van der Waals surface area contributed by atoms with Crippen LogP contribution in [0.4, 0.5) is 0 Å². The Morgan fingerprint density at radius 3 is 2.59 bits per heavy atom. The molecule has 0 aromatic heterocycles. The highest BCUT2D eigenvalue weighted by Gasteiger charge is 2.01.